The van der Waals surface area contributed by atoms with Gasteiger partial charge in [-0.1, -0.05) is 17.7 Å². The van der Waals surface area contributed by atoms with Crippen molar-refractivity contribution in [1.82, 2.24) is 14.9 Å². The molecule has 0 spiro atoms. The van der Waals surface area contributed by atoms with Crippen molar-refractivity contribution in [3.05, 3.63) is 46.6 Å². The zero-order chi connectivity index (χ0) is 18.7. The fourth-order valence-corrected chi connectivity index (χ4v) is 3.21. The summed E-state index contributed by atoms with van der Waals surface area (Å²) in [7, 11) is 0. The van der Waals surface area contributed by atoms with E-state index in [9.17, 15) is 4.79 Å². The van der Waals surface area contributed by atoms with Crippen LogP contribution in [0.25, 0.3) is 0 Å². The molecule has 1 aromatic carbocycles. The molecular formula is C20H27N5O. The second-order valence-electron chi connectivity index (χ2n) is 6.82. The first-order valence-corrected chi connectivity index (χ1v) is 9.19. The minimum Gasteiger partial charge on any atom is -0.370 e. The van der Waals surface area contributed by atoms with Crippen molar-refractivity contribution in [2.75, 3.05) is 42.9 Å². The molecule has 1 saturated heterocycles. The van der Waals surface area contributed by atoms with E-state index in [1.807, 2.05) is 49.9 Å². The summed E-state index contributed by atoms with van der Waals surface area (Å²) in [6.07, 6.45) is 0. The molecule has 1 aliphatic heterocycles. The van der Waals surface area contributed by atoms with Crippen molar-refractivity contribution in [2.24, 2.45) is 0 Å². The molecule has 2 heterocycles. The van der Waals surface area contributed by atoms with Crippen LogP contribution in [0.1, 0.15) is 34.1 Å². The molecule has 0 aliphatic carbocycles. The van der Waals surface area contributed by atoms with E-state index in [1.54, 1.807) is 0 Å². The summed E-state index contributed by atoms with van der Waals surface area (Å²) in [6, 6.07) is 7.99. The fraction of sp³-hybridized carbons (Fsp3) is 0.450. The first-order valence-electron chi connectivity index (χ1n) is 9.19. The highest BCUT2D eigenvalue weighted by atomic mass is 16.2. The average molecular weight is 353 g/mol. The van der Waals surface area contributed by atoms with E-state index in [2.05, 4.69) is 27.1 Å². The summed E-state index contributed by atoms with van der Waals surface area (Å²) in [5.41, 5.74) is 3.89. The summed E-state index contributed by atoms with van der Waals surface area (Å²) in [5.74, 6) is 1.70. The maximum absolute atomic E-state index is 12.9. The molecule has 1 amide bonds. The van der Waals surface area contributed by atoms with Crippen molar-refractivity contribution in [1.29, 1.82) is 0 Å². The van der Waals surface area contributed by atoms with Gasteiger partial charge in [0.2, 0.25) is 5.95 Å². The average Bonchev–Trinajstić information content (AvgIpc) is 2.63. The number of carbonyl (C=O) groups is 1. The highest BCUT2D eigenvalue weighted by Gasteiger charge is 2.24. The van der Waals surface area contributed by atoms with Crippen LogP contribution in [0.5, 0.6) is 0 Å². The predicted molar refractivity (Wildman–Crippen MR) is 105 cm³/mol. The van der Waals surface area contributed by atoms with Crippen LogP contribution in [0.3, 0.4) is 0 Å². The minimum atomic E-state index is 0.115. The number of nitrogens with one attached hydrogen (secondary N) is 1. The van der Waals surface area contributed by atoms with E-state index >= 15 is 0 Å². The molecule has 1 aromatic heterocycles. The smallest absolute Gasteiger partial charge is 0.254 e. The van der Waals surface area contributed by atoms with Crippen LogP contribution in [0.15, 0.2) is 24.3 Å². The summed E-state index contributed by atoms with van der Waals surface area (Å²) >= 11 is 0. The summed E-state index contributed by atoms with van der Waals surface area (Å²) in [5, 5.41) is 3.25. The largest absolute Gasteiger partial charge is 0.370 e. The SMILES string of the molecule is CCNc1cc(C)nc(N2CCN(C(=O)c3cc(C)ccc3C)CC2)n1. The molecule has 6 heteroatoms. The summed E-state index contributed by atoms with van der Waals surface area (Å²) in [6.45, 7) is 11.7. The van der Waals surface area contributed by atoms with Gasteiger partial charge >= 0.3 is 0 Å². The van der Waals surface area contributed by atoms with Gasteiger partial charge in [0.15, 0.2) is 0 Å². The van der Waals surface area contributed by atoms with E-state index < -0.39 is 0 Å². The van der Waals surface area contributed by atoms with E-state index in [0.717, 1.165) is 53.8 Å². The topological polar surface area (TPSA) is 61.4 Å². The van der Waals surface area contributed by atoms with Gasteiger partial charge < -0.3 is 15.1 Å². The number of hydrogen-bond donors (Lipinski definition) is 1. The van der Waals surface area contributed by atoms with Gasteiger partial charge in [0, 0.05) is 50.0 Å². The van der Waals surface area contributed by atoms with Gasteiger partial charge in [0.05, 0.1) is 0 Å². The molecule has 1 N–H and O–H groups in total. The molecular weight excluding hydrogens is 326 g/mol. The number of nitrogens with zero attached hydrogens (tertiary/aromatic N) is 4. The first-order chi connectivity index (χ1) is 12.5. The quantitative estimate of drug-likeness (QED) is 0.916. The minimum absolute atomic E-state index is 0.115. The van der Waals surface area contributed by atoms with Gasteiger partial charge in [-0.2, -0.15) is 4.98 Å². The van der Waals surface area contributed by atoms with Crippen LogP contribution in [-0.4, -0.2) is 53.5 Å². The Morgan fingerprint density at radius 2 is 1.81 bits per heavy atom. The molecule has 0 radical (unpaired) electrons. The lowest BCUT2D eigenvalue weighted by Crippen LogP contribution is -2.49. The lowest BCUT2D eigenvalue weighted by atomic mass is 10.0. The van der Waals surface area contributed by atoms with Crippen molar-refractivity contribution in [2.45, 2.75) is 27.7 Å². The number of hydrogen-bond acceptors (Lipinski definition) is 5. The Bertz CT molecular complexity index is 797. The second-order valence-corrected chi connectivity index (χ2v) is 6.82. The van der Waals surface area contributed by atoms with Crippen LogP contribution in [0, 0.1) is 20.8 Å². The first kappa shape index (κ1) is 18.2. The van der Waals surface area contributed by atoms with Crippen molar-refractivity contribution in [3.8, 4) is 0 Å². The zero-order valence-electron chi connectivity index (χ0n) is 16.0. The van der Waals surface area contributed by atoms with Gasteiger partial charge in [-0.15, -0.1) is 0 Å². The number of amides is 1. The molecule has 0 unspecified atom stereocenters. The zero-order valence-corrected chi connectivity index (χ0v) is 16.0. The van der Waals surface area contributed by atoms with Crippen LogP contribution >= 0.6 is 0 Å². The third-order valence-electron chi connectivity index (χ3n) is 4.67. The number of benzene rings is 1. The molecule has 0 atom stereocenters. The number of anilines is 2. The number of piperazine rings is 1. The van der Waals surface area contributed by atoms with E-state index in [1.165, 1.54) is 0 Å². The Balaban J connectivity index is 1.69. The van der Waals surface area contributed by atoms with Gasteiger partial charge in [0.1, 0.15) is 5.82 Å². The second kappa shape index (κ2) is 7.72. The molecule has 0 saturated carbocycles. The Labute approximate surface area is 155 Å². The van der Waals surface area contributed by atoms with Crippen LogP contribution in [0.2, 0.25) is 0 Å². The Morgan fingerprint density at radius 1 is 1.08 bits per heavy atom. The molecule has 6 nitrogen and oxygen atoms in total. The standard InChI is InChI=1S/C20H27N5O/c1-5-21-18-13-16(4)22-20(23-18)25-10-8-24(9-11-25)19(26)17-12-14(2)6-7-15(17)3/h6-7,12-13H,5,8-11H2,1-4H3,(H,21,22,23). The highest BCUT2D eigenvalue weighted by molar-refractivity contribution is 5.96. The summed E-state index contributed by atoms with van der Waals surface area (Å²) < 4.78 is 0. The molecule has 0 bridgehead atoms. The lowest BCUT2D eigenvalue weighted by Gasteiger charge is -2.35. The van der Waals surface area contributed by atoms with E-state index in [4.69, 9.17) is 0 Å². The lowest BCUT2D eigenvalue weighted by molar-refractivity contribution is 0.0745. The van der Waals surface area contributed by atoms with Gasteiger partial charge in [-0.05, 0) is 39.3 Å². The Morgan fingerprint density at radius 3 is 2.50 bits per heavy atom. The maximum atomic E-state index is 12.9. The van der Waals surface area contributed by atoms with E-state index in [-0.39, 0.29) is 5.91 Å². The fourth-order valence-electron chi connectivity index (χ4n) is 3.21. The van der Waals surface area contributed by atoms with Crippen molar-refractivity contribution in [3.63, 3.8) is 0 Å². The molecule has 3 rings (SSSR count). The number of rotatable bonds is 4. The Hall–Kier alpha value is -2.63. The number of aryl methyl sites for hydroxylation is 3. The summed E-state index contributed by atoms with van der Waals surface area (Å²) in [4.78, 5) is 26.1. The van der Waals surface area contributed by atoms with Gasteiger partial charge in [-0.25, -0.2) is 4.98 Å². The number of aromatic nitrogens is 2. The van der Waals surface area contributed by atoms with Gasteiger partial charge in [-0.3, -0.25) is 4.79 Å². The molecule has 26 heavy (non-hydrogen) atoms. The normalized spacial score (nSPS) is 14.5. The molecule has 138 valence electrons. The highest BCUT2D eigenvalue weighted by Crippen LogP contribution is 2.18. The predicted octanol–water partition coefficient (Wildman–Crippen LogP) is 2.80. The molecule has 1 fully saturated rings. The molecule has 1 aliphatic rings. The van der Waals surface area contributed by atoms with Crippen LogP contribution in [-0.2, 0) is 0 Å². The third kappa shape index (κ3) is 3.95. The third-order valence-corrected chi connectivity index (χ3v) is 4.67. The molecule has 2 aromatic rings. The maximum Gasteiger partial charge on any atom is 0.254 e. The Kier molecular flexibility index (Phi) is 5.40. The number of carbonyl (C=O) groups excluding carboxylic acids is 1. The van der Waals surface area contributed by atoms with E-state index in [0.29, 0.717) is 13.1 Å². The van der Waals surface area contributed by atoms with Crippen molar-refractivity contribution >= 4 is 17.7 Å². The van der Waals surface area contributed by atoms with Crippen LogP contribution in [0.4, 0.5) is 11.8 Å². The van der Waals surface area contributed by atoms with Crippen LogP contribution < -0.4 is 10.2 Å². The van der Waals surface area contributed by atoms with Gasteiger partial charge in [0.25, 0.3) is 5.91 Å². The monoisotopic (exact) mass is 353 g/mol. The van der Waals surface area contributed by atoms with Crippen molar-refractivity contribution < 1.29 is 4.79 Å².